The Labute approximate surface area is 81.9 Å². The molecule has 70 valence electrons. The fraction of sp³-hybridized carbons (Fsp3) is 0.100. The van der Waals surface area contributed by atoms with Gasteiger partial charge in [-0.25, -0.2) is 9.97 Å². The zero-order valence-electron chi connectivity index (χ0n) is 7.81. The molecule has 0 atom stereocenters. The molecule has 0 aromatic carbocycles. The molecule has 0 fully saturated rings. The van der Waals surface area contributed by atoms with Crippen molar-refractivity contribution in [2.24, 2.45) is 0 Å². The van der Waals surface area contributed by atoms with Gasteiger partial charge in [0.2, 0.25) is 0 Å². The van der Waals surface area contributed by atoms with Crippen LogP contribution in [0.1, 0.15) is 5.56 Å². The van der Waals surface area contributed by atoms with Gasteiger partial charge in [-0.05, 0) is 18.6 Å². The molecule has 0 aliphatic carbocycles. The first-order valence-electron chi connectivity index (χ1n) is 4.26. The first-order chi connectivity index (χ1) is 6.75. The zero-order valence-corrected chi connectivity index (χ0v) is 7.81. The molecule has 0 amide bonds. The van der Waals surface area contributed by atoms with Gasteiger partial charge in [-0.3, -0.25) is 4.98 Å². The Kier molecular flexibility index (Phi) is 2.10. The third-order valence-electron chi connectivity index (χ3n) is 1.81. The van der Waals surface area contributed by atoms with Crippen LogP contribution in [0.15, 0.2) is 30.7 Å². The van der Waals surface area contributed by atoms with E-state index in [0.29, 0.717) is 11.5 Å². The first-order valence-corrected chi connectivity index (χ1v) is 4.26. The molecule has 2 aromatic heterocycles. The maximum atomic E-state index is 5.48. The lowest BCUT2D eigenvalue weighted by Gasteiger charge is -1.99. The van der Waals surface area contributed by atoms with Crippen molar-refractivity contribution in [3.63, 3.8) is 0 Å². The molecule has 14 heavy (non-hydrogen) atoms. The summed E-state index contributed by atoms with van der Waals surface area (Å²) in [6.45, 7) is 1.99. The number of nitrogens with two attached hydrogens (primary N) is 1. The molecule has 2 heterocycles. The van der Waals surface area contributed by atoms with E-state index in [4.69, 9.17) is 5.73 Å². The number of hydrogen-bond acceptors (Lipinski definition) is 4. The Bertz CT molecular complexity index is 375. The van der Waals surface area contributed by atoms with Crippen molar-refractivity contribution < 1.29 is 0 Å². The van der Waals surface area contributed by atoms with Gasteiger partial charge in [-0.1, -0.05) is 6.07 Å². The third-order valence-corrected chi connectivity index (χ3v) is 1.81. The van der Waals surface area contributed by atoms with Crippen LogP contribution in [0, 0.1) is 6.92 Å². The summed E-state index contributed by atoms with van der Waals surface area (Å²) < 4.78 is 0. The van der Waals surface area contributed by atoms with E-state index < -0.39 is 0 Å². The molecule has 0 aliphatic rings. The summed E-state index contributed by atoms with van der Waals surface area (Å²) in [5.74, 6) is 0.596. The first kappa shape index (κ1) is 8.62. The minimum Gasteiger partial charge on any atom is -0.396 e. The van der Waals surface area contributed by atoms with Crippen molar-refractivity contribution in [2.45, 2.75) is 6.92 Å². The van der Waals surface area contributed by atoms with Crippen LogP contribution in [0.4, 0.5) is 5.69 Å². The number of aryl methyl sites for hydroxylation is 1. The Morgan fingerprint density at radius 2 is 1.71 bits per heavy atom. The van der Waals surface area contributed by atoms with Crippen LogP contribution >= 0.6 is 0 Å². The van der Waals surface area contributed by atoms with Crippen LogP contribution in [0.25, 0.3) is 11.5 Å². The summed E-state index contributed by atoms with van der Waals surface area (Å²) in [5.41, 5.74) is 7.91. The average Bonchev–Trinajstić information content (AvgIpc) is 2.21. The summed E-state index contributed by atoms with van der Waals surface area (Å²) in [4.78, 5) is 12.4. The van der Waals surface area contributed by atoms with Gasteiger partial charge >= 0.3 is 0 Å². The second kappa shape index (κ2) is 3.41. The van der Waals surface area contributed by atoms with E-state index in [1.165, 1.54) is 0 Å². The molecular weight excluding hydrogens is 176 g/mol. The predicted molar refractivity (Wildman–Crippen MR) is 54.4 cm³/mol. The van der Waals surface area contributed by atoms with E-state index in [2.05, 4.69) is 15.0 Å². The number of nitrogen functional groups attached to an aromatic ring is 1. The third kappa shape index (κ3) is 1.69. The second-order valence-electron chi connectivity index (χ2n) is 3.06. The maximum Gasteiger partial charge on any atom is 0.178 e. The SMILES string of the molecule is Cc1ccc(-c2ncc(N)cn2)nc1. The molecule has 0 spiro atoms. The van der Waals surface area contributed by atoms with E-state index in [1.54, 1.807) is 18.6 Å². The molecular formula is C10H10N4. The predicted octanol–water partition coefficient (Wildman–Crippen LogP) is 1.43. The number of rotatable bonds is 1. The van der Waals surface area contributed by atoms with Gasteiger partial charge in [0, 0.05) is 6.20 Å². The lowest BCUT2D eigenvalue weighted by atomic mass is 10.2. The van der Waals surface area contributed by atoms with Crippen molar-refractivity contribution in [3.05, 3.63) is 36.3 Å². The standard InChI is InChI=1S/C10H10N4/c1-7-2-3-9(12-4-7)10-13-5-8(11)6-14-10/h2-6H,11H2,1H3. The molecule has 0 saturated heterocycles. The lowest BCUT2D eigenvalue weighted by molar-refractivity contribution is 1.14. The van der Waals surface area contributed by atoms with Crippen molar-refractivity contribution >= 4 is 5.69 Å². The van der Waals surface area contributed by atoms with E-state index in [0.717, 1.165) is 11.3 Å². The zero-order chi connectivity index (χ0) is 9.97. The summed E-state index contributed by atoms with van der Waals surface area (Å²) >= 11 is 0. The summed E-state index contributed by atoms with van der Waals surface area (Å²) in [5, 5.41) is 0. The minimum absolute atomic E-state index is 0.556. The molecule has 2 rings (SSSR count). The summed E-state index contributed by atoms with van der Waals surface area (Å²) in [6.07, 6.45) is 4.93. The Morgan fingerprint density at radius 3 is 2.29 bits per heavy atom. The van der Waals surface area contributed by atoms with Crippen LogP contribution in [0.2, 0.25) is 0 Å². The molecule has 2 aromatic rings. The fourth-order valence-corrected chi connectivity index (χ4v) is 1.07. The van der Waals surface area contributed by atoms with Crippen molar-refractivity contribution in [1.29, 1.82) is 0 Å². The van der Waals surface area contributed by atoms with Gasteiger partial charge < -0.3 is 5.73 Å². The van der Waals surface area contributed by atoms with E-state index in [9.17, 15) is 0 Å². The number of anilines is 1. The van der Waals surface area contributed by atoms with Gasteiger partial charge in [0.05, 0.1) is 18.1 Å². The summed E-state index contributed by atoms with van der Waals surface area (Å²) in [7, 11) is 0. The normalized spacial score (nSPS) is 10.1. The van der Waals surface area contributed by atoms with Crippen LogP contribution in [0.3, 0.4) is 0 Å². The molecule has 0 unspecified atom stereocenters. The van der Waals surface area contributed by atoms with Gasteiger partial charge in [0.1, 0.15) is 5.69 Å². The number of nitrogens with zero attached hydrogens (tertiary/aromatic N) is 3. The molecule has 0 bridgehead atoms. The molecule has 4 nitrogen and oxygen atoms in total. The Morgan fingerprint density at radius 1 is 1.00 bits per heavy atom. The molecule has 4 heteroatoms. The van der Waals surface area contributed by atoms with Gasteiger partial charge in [0.25, 0.3) is 0 Å². The lowest BCUT2D eigenvalue weighted by Crippen LogP contribution is -1.93. The molecule has 2 N–H and O–H groups in total. The van der Waals surface area contributed by atoms with Crippen LogP contribution < -0.4 is 5.73 Å². The highest BCUT2D eigenvalue weighted by Crippen LogP contribution is 2.11. The van der Waals surface area contributed by atoms with Crippen molar-refractivity contribution in [1.82, 2.24) is 15.0 Å². The Hall–Kier alpha value is -1.97. The van der Waals surface area contributed by atoms with E-state index >= 15 is 0 Å². The quantitative estimate of drug-likeness (QED) is 0.731. The largest absolute Gasteiger partial charge is 0.396 e. The topological polar surface area (TPSA) is 64.7 Å². The highest BCUT2D eigenvalue weighted by Gasteiger charge is 2.00. The number of hydrogen-bond donors (Lipinski definition) is 1. The van der Waals surface area contributed by atoms with Crippen molar-refractivity contribution in [2.75, 3.05) is 5.73 Å². The number of aromatic nitrogens is 3. The number of pyridine rings is 1. The van der Waals surface area contributed by atoms with Crippen LogP contribution in [-0.4, -0.2) is 15.0 Å². The van der Waals surface area contributed by atoms with Crippen LogP contribution in [0.5, 0.6) is 0 Å². The molecule has 0 saturated carbocycles. The average molecular weight is 186 g/mol. The smallest absolute Gasteiger partial charge is 0.178 e. The van der Waals surface area contributed by atoms with Gasteiger partial charge in [-0.2, -0.15) is 0 Å². The molecule has 0 radical (unpaired) electrons. The van der Waals surface area contributed by atoms with E-state index in [-0.39, 0.29) is 0 Å². The minimum atomic E-state index is 0.556. The summed E-state index contributed by atoms with van der Waals surface area (Å²) in [6, 6.07) is 3.86. The van der Waals surface area contributed by atoms with Gasteiger partial charge in [0.15, 0.2) is 5.82 Å². The fourth-order valence-electron chi connectivity index (χ4n) is 1.07. The highest BCUT2D eigenvalue weighted by atomic mass is 14.9. The van der Waals surface area contributed by atoms with Crippen molar-refractivity contribution in [3.8, 4) is 11.5 Å². The van der Waals surface area contributed by atoms with E-state index in [1.807, 2.05) is 19.1 Å². The molecule has 0 aliphatic heterocycles. The van der Waals surface area contributed by atoms with Gasteiger partial charge in [-0.15, -0.1) is 0 Å². The maximum absolute atomic E-state index is 5.48. The monoisotopic (exact) mass is 186 g/mol. The van der Waals surface area contributed by atoms with Crippen LogP contribution in [-0.2, 0) is 0 Å². The Balaban J connectivity index is 2.40. The second-order valence-corrected chi connectivity index (χ2v) is 3.06. The highest BCUT2D eigenvalue weighted by molar-refractivity contribution is 5.50.